The molecule has 0 radical (unpaired) electrons. The van der Waals surface area contributed by atoms with Gasteiger partial charge in [0.1, 0.15) is 5.76 Å². The molecule has 90 valence electrons. The second kappa shape index (κ2) is 3.66. The van der Waals surface area contributed by atoms with Crippen LogP contribution >= 0.6 is 0 Å². The van der Waals surface area contributed by atoms with Crippen molar-refractivity contribution < 1.29 is 6.53 Å². The minimum absolute atomic E-state index is 0. The molecule has 0 bridgehead atoms. The number of aromatic amines is 1. The molecule has 2 aliphatic rings. The summed E-state index contributed by atoms with van der Waals surface area (Å²) < 4.78 is 0. The molecular weight excluding hydrogens is 210 g/mol. The number of allylic oxidation sites excluding steroid dienone is 1. The van der Waals surface area contributed by atoms with Gasteiger partial charge in [0.2, 0.25) is 0 Å². The van der Waals surface area contributed by atoms with Crippen molar-refractivity contribution in [2.45, 2.75) is 26.2 Å². The van der Waals surface area contributed by atoms with Crippen LogP contribution in [-0.4, -0.2) is 10.1 Å². The normalized spacial score (nSPS) is 24.2. The van der Waals surface area contributed by atoms with Crippen LogP contribution in [0.3, 0.4) is 0 Å². The van der Waals surface area contributed by atoms with Crippen LogP contribution in [0.4, 0.5) is 0 Å². The monoisotopic (exact) mass is 229 g/mol. The zero-order valence-electron chi connectivity index (χ0n) is 10.2. The lowest BCUT2D eigenvalue weighted by molar-refractivity contribution is 0.505. The molecule has 4 rings (SSSR count). The Morgan fingerprint density at radius 1 is 1.29 bits per heavy atom. The summed E-state index contributed by atoms with van der Waals surface area (Å²) in [4.78, 5) is 3.44. The molecule has 1 heterocycles. The summed E-state index contributed by atoms with van der Waals surface area (Å²) in [7, 11) is 0. The van der Waals surface area contributed by atoms with E-state index in [-0.39, 0.29) is 1.43 Å². The van der Waals surface area contributed by atoms with E-state index in [1.807, 2.05) is 32.1 Å². The number of H-pyrrole nitrogens is 1. The van der Waals surface area contributed by atoms with Crippen molar-refractivity contribution in [1.82, 2.24) is 4.98 Å². The van der Waals surface area contributed by atoms with Gasteiger partial charge in [-0.05, 0) is 24.5 Å². The molecule has 1 fully saturated rings. The predicted octanol–water partition coefficient (Wildman–Crippen LogP) is 4.46. The molecule has 2 atom stereocenters. The summed E-state index contributed by atoms with van der Waals surface area (Å²) in [6, 6.07) is 8.17. The molecule has 2 N–H and O–H groups in total. The molecule has 2 heteroatoms. The number of aliphatic hydroxyl groups is 1. The first-order valence-corrected chi connectivity index (χ1v) is 6.36. The Kier molecular flexibility index (Phi) is 2.25. The van der Waals surface area contributed by atoms with Gasteiger partial charge in [0.25, 0.3) is 0 Å². The Balaban J connectivity index is 0.000000384. The maximum atomic E-state index is 9.99. The third kappa shape index (κ3) is 1.40. The van der Waals surface area contributed by atoms with Crippen LogP contribution in [0, 0.1) is 5.92 Å². The highest BCUT2D eigenvalue weighted by atomic mass is 16.3. The summed E-state index contributed by atoms with van der Waals surface area (Å²) in [5.74, 6) is 1.66. The fourth-order valence-electron chi connectivity index (χ4n) is 2.73. The Labute approximate surface area is 102 Å². The molecule has 0 saturated heterocycles. The van der Waals surface area contributed by atoms with E-state index < -0.39 is 0 Å². The second-order valence-corrected chi connectivity index (χ2v) is 4.52. The highest BCUT2D eigenvalue weighted by Gasteiger charge is 2.43. The number of benzene rings is 1. The van der Waals surface area contributed by atoms with E-state index in [0.29, 0.717) is 17.6 Å². The van der Waals surface area contributed by atoms with E-state index in [9.17, 15) is 5.11 Å². The zero-order valence-corrected chi connectivity index (χ0v) is 10.2. The van der Waals surface area contributed by atoms with Crippen molar-refractivity contribution in [3.8, 4) is 0 Å². The van der Waals surface area contributed by atoms with Gasteiger partial charge in [-0.2, -0.15) is 0 Å². The SMILES string of the molecule is CC.OC1=CC2CC2c2[nH]c3ccccc3c21.[HH]. The van der Waals surface area contributed by atoms with E-state index >= 15 is 0 Å². The lowest BCUT2D eigenvalue weighted by Gasteiger charge is -2.07. The molecule has 2 unspecified atom stereocenters. The number of nitrogens with one attached hydrogen (secondary N) is 1. The standard InChI is InChI=1S/C13H11NO.C2H6.H2/c15-11-6-7-5-9(7)13-12(11)8-3-1-2-4-10(8)14-13;1-2;/h1-4,6-7,9,14-15H,5H2;1-2H3;1H. The average molecular weight is 229 g/mol. The Bertz CT molecular complexity index is 600. The van der Waals surface area contributed by atoms with Crippen molar-refractivity contribution >= 4 is 16.7 Å². The van der Waals surface area contributed by atoms with Crippen LogP contribution in [-0.2, 0) is 0 Å². The molecule has 1 saturated carbocycles. The van der Waals surface area contributed by atoms with Gasteiger partial charge in [-0.15, -0.1) is 0 Å². The van der Waals surface area contributed by atoms with Gasteiger partial charge in [0.05, 0.1) is 0 Å². The van der Waals surface area contributed by atoms with Gasteiger partial charge < -0.3 is 10.1 Å². The maximum absolute atomic E-state index is 9.99. The summed E-state index contributed by atoms with van der Waals surface area (Å²) in [5.41, 5.74) is 3.40. The maximum Gasteiger partial charge on any atom is 0.121 e. The van der Waals surface area contributed by atoms with Crippen LogP contribution in [0.2, 0.25) is 0 Å². The van der Waals surface area contributed by atoms with Crippen molar-refractivity contribution in [3.05, 3.63) is 41.6 Å². The Morgan fingerprint density at radius 3 is 2.88 bits per heavy atom. The average Bonchev–Trinajstić information content (AvgIpc) is 3.03. The number of fused-ring (bicyclic) bond motifs is 5. The molecule has 0 amide bonds. The third-order valence-electron chi connectivity index (χ3n) is 3.57. The van der Waals surface area contributed by atoms with Gasteiger partial charge in [0.15, 0.2) is 0 Å². The molecule has 0 spiro atoms. The highest BCUT2D eigenvalue weighted by Crippen LogP contribution is 2.55. The third-order valence-corrected chi connectivity index (χ3v) is 3.57. The van der Waals surface area contributed by atoms with Crippen molar-refractivity contribution in [2.24, 2.45) is 5.92 Å². The number of aliphatic hydroxyl groups excluding tert-OH is 1. The van der Waals surface area contributed by atoms with E-state index in [4.69, 9.17) is 0 Å². The minimum atomic E-state index is 0. The lowest BCUT2D eigenvalue weighted by Crippen LogP contribution is -1.95. The first-order chi connectivity index (χ1) is 8.34. The quantitative estimate of drug-likeness (QED) is 0.687. The van der Waals surface area contributed by atoms with Crippen molar-refractivity contribution in [2.75, 3.05) is 0 Å². The molecule has 1 aromatic heterocycles. The van der Waals surface area contributed by atoms with Gasteiger partial charge >= 0.3 is 0 Å². The molecule has 0 aliphatic heterocycles. The minimum Gasteiger partial charge on any atom is -0.508 e. The first kappa shape index (κ1) is 10.5. The van der Waals surface area contributed by atoms with E-state index in [2.05, 4.69) is 17.1 Å². The number of para-hydroxylation sites is 1. The van der Waals surface area contributed by atoms with Gasteiger partial charge in [-0.3, -0.25) is 0 Å². The van der Waals surface area contributed by atoms with Gasteiger partial charge in [0, 0.05) is 29.5 Å². The molecule has 2 aromatic rings. The Hall–Kier alpha value is -1.70. The molecule has 2 aliphatic carbocycles. The molecule has 2 nitrogen and oxygen atoms in total. The number of hydrogen-bond acceptors (Lipinski definition) is 1. The lowest BCUT2D eigenvalue weighted by atomic mass is 10.0. The zero-order chi connectivity index (χ0) is 12.0. The summed E-state index contributed by atoms with van der Waals surface area (Å²) >= 11 is 0. The van der Waals surface area contributed by atoms with E-state index in [0.717, 1.165) is 16.5 Å². The summed E-state index contributed by atoms with van der Waals surface area (Å²) in [6.45, 7) is 4.00. The van der Waals surface area contributed by atoms with Crippen LogP contribution < -0.4 is 0 Å². The van der Waals surface area contributed by atoms with Gasteiger partial charge in [-0.1, -0.05) is 32.0 Å². The molecule has 17 heavy (non-hydrogen) atoms. The fourth-order valence-corrected chi connectivity index (χ4v) is 2.73. The number of aromatic nitrogens is 1. The topological polar surface area (TPSA) is 36.0 Å². The predicted molar refractivity (Wildman–Crippen MR) is 73.2 cm³/mol. The second-order valence-electron chi connectivity index (χ2n) is 4.52. The number of hydrogen-bond donors (Lipinski definition) is 2. The molecule has 1 aromatic carbocycles. The van der Waals surface area contributed by atoms with Gasteiger partial charge in [-0.25, -0.2) is 0 Å². The van der Waals surface area contributed by atoms with E-state index in [1.165, 1.54) is 12.1 Å². The van der Waals surface area contributed by atoms with Crippen LogP contribution in [0.5, 0.6) is 0 Å². The fraction of sp³-hybridized carbons (Fsp3) is 0.333. The van der Waals surface area contributed by atoms with Crippen LogP contribution in [0.25, 0.3) is 16.7 Å². The summed E-state index contributed by atoms with van der Waals surface area (Å²) in [5, 5.41) is 11.1. The number of rotatable bonds is 0. The van der Waals surface area contributed by atoms with Crippen molar-refractivity contribution in [1.29, 1.82) is 0 Å². The first-order valence-electron chi connectivity index (χ1n) is 6.36. The smallest absolute Gasteiger partial charge is 0.121 e. The Morgan fingerprint density at radius 2 is 2.06 bits per heavy atom. The largest absolute Gasteiger partial charge is 0.508 e. The van der Waals surface area contributed by atoms with Crippen LogP contribution in [0.15, 0.2) is 30.3 Å². The molecular formula is C15H19NO. The van der Waals surface area contributed by atoms with E-state index in [1.54, 1.807) is 0 Å². The van der Waals surface area contributed by atoms with Crippen LogP contribution in [0.1, 0.15) is 38.9 Å². The van der Waals surface area contributed by atoms with Crippen molar-refractivity contribution in [3.63, 3.8) is 0 Å². The summed E-state index contributed by atoms with van der Waals surface area (Å²) in [6.07, 6.45) is 3.19. The highest BCUT2D eigenvalue weighted by molar-refractivity contribution is 5.94.